The van der Waals surface area contributed by atoms with Crippen LogP contribution in [0.15, 0.2) is 29.6 Å². The number of esters is 2. The number of thioether (sulfide) groups is 1. The number of nitrogens with one attached hydrogen (secondary N) is 1. The van der Waals surface area contributed by atoms with E-state index in [2.05, 4.69) is 22.2 Å². The van der Waals surface area contributed by atoms with E-state index in [9.17, 15) is 14.4 Å². The first-order chi connectivity index (χ1) is 15.9. The Hall–Kier alpha value is -2.98. The Morgan fingerprint density at radius 1 is 1.12 bits per heavy atom. The highest BCUT2D eigenvalue weighted by Crippen LogP contribution is 2.40. The molecule has 2 aromatic heterocycles. The van der Waals surface area contributed by atoms with Crippen LogP contribution in [0.5, 0.6) is 0 Å². The third-order valence-electron chi connectivity index (χ3n) is 5.46. The number of nitrogens with zero attached hydrogens (tertiary/aromatic N) is 2. The van der Waals surface area contributed by atoms with Crippen LogP contribution in [-0.4, -0.2) is 47.8 Å². The Morgan fingerprint density at radius 2 is 1.82 bits per heavy atom. The van der Waals surface area contributed by atoms with Crippen molar-refractivity contribution in [2.45, 2.75) is 31.2 Å². The molecule has 1 N–H and O–H groups in total. The van der Waals surface area contributed by atoms with Crippen LogP contribution in [-0.2, 0) is 27.1 Å². The molecule has 0 saturated heterocycles. The van der Waals surface area contributed by atoms with Gasteiger partial charge in [0.2, 0.25) is 5.91 Å². The molecule has 0 unspecified atom stereocenters. The van der Waals surface area contributed by atoms with Crippen LogP contribution in [0.4, 0.5) is 5.69 Å². The number of amides is 1. The van der Waals surface area contributed by atoms with Crippen molar-refractivity contribution in [3.05, 3.63) is 46.1 Å². The van der Waals surface area contributed by atoms with E-state index in [1.165, 1.54) is 60.9 Å². The zero-order chi connectivity index (χ0) is 23.5. The van der Waals surface area contributed by atoms with Crippen LogP contribution in [0.25, 0.3) is 10.2 Å². The maximum absolute atomic E-state index is 12.7. The molecule has 8 nitrogen and oxygen atoms in total. The van der Waals surface area contributed by atoms with Crippen LogP contribution in [0.1, 0.15) is 44.5 Å². The predicted octanol–water partition coefficient (Wildman–Crippen LogP) is 4.12. The first-order valence-corrected chi connectivity index (χ1v) is 12.2. The Labute approximate surface area is 199 Å². The number of aromatic nitrogens is 2. The number of carbonyl (C=O) groups is 3. The van der Waals surface area contributed by atoms with Crippen LogP contribution >= 0.6 is 23.1 Å². The van der Waals surface area contributed by atoms with E-state index in [1.807, 2.05) is 0 Å². The van der Waals surface area contributed by atoms with Gasteiger partial charge in [0.15, 0.2) is 0 Å². The summed E-state index contributed by atoms with van der Waals surface area (Å²) in [7, 11) is 2.49. The van der Waals surface area contributed by atoms with Gasteiger partial charge >= 0.3 is 11.9 Å². The van der Waals surface area contributed by atoms with Crippen molar-refractivity contribution in [1.29, 1.82) is 0 Å². The largest absolute Gasteiger partial charge is 0.465 e. The molecule has 1 aromatic carbocycles. The van der Waals surface area contributed by atoms with Crippen LogP contribution < -0.4 is 5.32 Å². The number of fused-ring (bicyclic) bond motifs is 3. The minimum absolute atomic E-state index is 0.114. The zero-order valence-corrected chi connectivity index (χ0v) is 20.1. The minimum atomic E-state index is -0.620. The lowest BCUT2D eigenvalue weighted by atomic mass is 9.89. The maximum atomic E-state index is 12.7. The SMILES string of the molecule is COC(=O)c1cc(NC(=O)CSc2ncnc3sc4c(c23)CC[C@@H](C)C4)cc(C(=O)OC)c1. The van der Waals surface area contributed by atoms with Gasteiger partial charge in [-0.25, -0.2) is 19.6 Å². The van der Waals surface area contributed by atoms with Gasteiger partial charge in [0.1, 0.15) is 16.2 Å². The van der Waals surface area contributed by atoms with E-state index in [0.29, 0.717) is 11.6 Å². The summed E-state index contributed by atoms with van der Waals surface area (Å²) < 4.78 is 9.47. The molecule has 1 aliphatic carbocycles. The van der Waals surface area contributed by atoms with Gasteiger partial charge in [-0.05, 0) is 48.9 Å². The lowest BCUT2D eigenvalue weighted by Gasteiger charge is -2.18. The van der Waals surface area contributed by atoms with E-state index in [-0.39, 0.29) is 22.8 Å². The maximum Gasteiger partial charge on any atom is 0.337 e. The molecule has 1 atom stereocenters. The third-order valence-corrected chi connectivity index (χ3v) is 7.61. The highest BCUT2D eigenvalue weighted by atomic mass is 32.2. The Morgan fingerprint density at radius 3 is 2.48 bits per heavy atom. The predicted molar refractivity (Wildman–Crippen MR) is 127 cm³/mol. The summed E-state index contributed by atoms with van der Waals surface area (Å²) in [6.07, 6.45) is 4.73. The Kier molecular flexibility index (Phi) is 6.94. The molecule has 33 heavy (non-hydrogen) atoms. The highest BCUT2D eigenvalue weighted by Gasteiger charge is 2.23. The molecular weight excluding hydrogens is 462 g/mol. The van der Waals surface area contributed by atoms with Crippen LogP contribution in [0.2, 0.25) is 0 Å². The smallest absolute Gasteiger partial charge is 0.337 e. The summed E-state index contributed by atoms with van der Waals surface area (Å²) >= 11 is 3.06. The topological polar surface area (TPSA) is 107 Å². The van der Waals surface area contributed by atoms with Gasteiger partial charge in [0.25, 0.3) is 0 Å². The van der Waals surface area contributed by atoms with Gasteiger partial charge in [0.05, 0.1) is 31.1 Å². The number of aryl methyl sites for hydroxylation is 1. The number of benzene rings is 1. The van der Waals surface area contributed by atoms with E-state index in [0.717, 1.165) is 34.5 Å². The molecule has 2 heterocycles. The first-order valence-electron chi connectivity index (χ1n) is 10.4. The fourth-order valence-corrected chi connectivity index (χ4v) is 6.10. The Bertz CT molecular complexity index is 1210. The summed E-state index contributed by atoms with van der Waals surface area (Å²) in [5, 5.41) is 4.60. The molecule has 3 aromatic rings. The van der Waals surface area contributed by atoms with Gasteiger partial charge in [-0.15, -0.1) is 11.3 Å². The molecule has 4 rings (SSSR count). The van der Waals surface area contributed by atoms with Crippen molar-refractivity contribution in [1.82, 2.24) is 9.97 Å². The summed E-state index contributed by atoms with van der Waals surface area (Å²) in [6.45, 7) is 2.26. The number of hydrogen-bond acceptors (Lipinski definition) is 9. The summed E-state index contributed by atoms with van der Waals surface area (Å²) in [5.41, 5.74) is 1.89. The molecule has 0 fully saturated rings. The Balaban J connectivity index is 1.52. The third kappa shape index (κ3) is 5.01. The molecular formula is C23H23N3O5S2. The number of thiophene rings is 1. The summed E-state index contributed by atoms with van der Waals surface area (Å²) in [6, 6.07) is 4.28. The van der Waals surface area contributed by atoms with Crippen molar-refractivity contribution < 1.29 is 23.9 Å². The average Bonchev–Trinajstić information content (AvgIpc) is 3.19. The van der Waals surface area contributed by atoms with Crippen molar-refractivity contribution in [2.24, 2.45) is 5.92 Å². The lowest BCUT2D eigenvalue weighted by Crippen LogP contribution is -2.16. The second-order valence-electron chi connectivity index (χ2n) is 7.83. The summed E-state index contributed by atoms with van der Waals surface area (Å²) in [4.78, 5) is 47.8. The highest BCUT2D eigenvalue weighted by molar-refractivity contribution is 8.00. The second kappa shape index (κ2) is 9.88. The molecule has 0 radical (unpaired) electrons. The van der Waals surface area contributed by atoms with Crippen molar-refractivity contribution >= 4 is 56.8 Å². The van der Waals surface area contributed by atoms with Gasteiger partial charge in [-0.3, -0.25) is 4.79 Å². The second-order valence-corrected chi connectivity index (χ2v) is 9.88. The van der Waals surface area contributed by atoms with Crippen molar-refractivity contribution in [2.75, 3.05) is 25.3 Å². The van der Waals surface area contributed by atoms with Gasteiger partial charge < -0.3 is 14.8 Å². The van der Waals surface area contributed by atoms with Crippen molar-refractivity contribution in [3.8, 4) is 0 Å². The molecule has 172 valence electrons. The van der Waals surface area contributed by atoms with Crippen LogP contribution in [0, 0.1) is 5.92 Å². The molecule has 0 saturated carbocycles. The minimum Gasteiger partial charge on any atom is -0.465 e. The number of methoxy groups -OCH3 is 2. The number of hydrogen-bond donors (Lipinski definition) is 1. The molecule has 0 bridgehead atoms. The average molecular weight is 486 g/mol. The van der Waals surface area contributed by atoms with Gasteiger partial charge in [-0.1, -0.05) is 18.7 Å². The fourth-order valence-electron chi connectivity index (χ4n) is 3.86. The molecule has 0 aliphatic heterocycles. The monoisotopic (exact) mass is 485 g/mol. The van der Waals surface area contributed by atoms with Crippen molar-refractivity contribution in [3.63, 3.8) is 0 Å². The fraction of sp³-hybridized carbons (Fsp3) is 0.348. The van der Waals surface area contributed by atoms with Gasteiger partial charge in [0, 0.05) is 16.0 Å². The first kappa shape index (κ1) is 23.2. The molecule has 10 heteroatoms. The molecule has 1 aliphatic rings. The van der Waals surface area contributed by atoms with Gasteiger partial charge in [-0.2, -0.15) is 0 Å². The van der Waals surface area contributed by atoms with E-state index in [4.69, 9.17) is 9.47 Å². The van der Waals surface area contributed by atoms with Crippen LogP contribution in [0.3, 0.4) is 0 Å². The molecule has 0 spiro atoms. The zero-order valence-electron chi connectivity index (χ0n) is 18.5. The number of anilines is 1. The normalized spacial score (nSPS) is 15.1. The quantitative estimate of drug-likeness (QED) is 0.316. The van der Waals surface area contributed by atoms with E-state index < -0.39 is 11.9 Å². The summed E-state index contributed by atoms with van der Waals surface area (Å²) in [5.74, 6) is -0.752. The lowest BCUT2D eigenvalue weighted by molar-refractivity contribution is -0.113. The standard InChI is InChI=1S/C23H23N3O5S2/c1-12-4-5-16-17(6-12)33-21-19(16)20(24-11-25-21)32-10-18(27)26-15-8-13(22(28)30-2)7-14(9-15)23(29)31-3/h7-9,11-12H,4-6,10H2,1-3H3,(H,26,27)/t12-/m1/s1. The molecule has 1 amide bonds. The number of rotatable bonds is 6. The number of ether oxygens (including phenoxy) is 2. The number of carbonyl (C=O) groups excluding carboxylic acids is 3. The van der Waals surface area contributed by atoms with E-state index in [1.54, 1.807) is 11.3 Å². The van der Waals surface area contributed by atoms with E-state index >= 15 is 0 Å².